The Hall–Kier alpha value is -3.43. The van der Waals surface area contributed by atoms with Crippen LogP contribution >= 0.6 is 0 Å². The molecule has 1 aliphatic carbocycles. The average molecular weight is 442 g/mol. The molecule has 0 unspecified atom stereocenters. The Morgan fingerprint density at radius 2 is 1.62 bits per heavy atom. The summed E-state index contributed by atoms with van der Waals surface area (Å²) in [5.41, 5.74) is 4.52. The number of carboxylic acid groups (broad SMARTS) is 1. The molecule has 170 valence electrons. The molecule has 0 saturated carbocycles. The third-order valence-electron chi connectivity index (χ3n) is 5.16. The minimum Gasteiger partial charge on any atom is -0.480 e. The van der Waals surface area contributed by atoms with E-state index in [-0.39, 0.29) is 25.7 Å². The molecule has 0 fully saturated rings. The molecule has 2 aromatic carbocycles. The molecule has 9 nitrogen and oxygen atoms in total. The van der Waals surface area contributed by atoms with Crippen molar-refractivity contribution in [3.8, 4) is 11.1 Å². The van der Waals surface area contributed by atoms with Crippen molar-refractivity contribution >= 4 is 18.0 Å². The number of fused-ring (bicyclic) bond motifs is 3. The van der Waals surface area contributed by atoms with Gasteiger partial charge in [0.05, 0.1) is 12.7 Å². The van der Waals surface area contributed by atoms with E-state index < -0.39 is 36.7 Å². The zero-order valence-electron chi connectivity index (χ0n) is 17.6. The molecule has 0 saturated heterocycles. The van der Waals surface area contributed by atoms with Crippen LogP contribution in [0.2, 0.25) is 0 Å². The summed E-state index contributed by atoms with van der Waals surface area (Å²) in [6.07, 6.45) is -1.84. The van der Waals surface area contributed by atoms with Crippen LogP contribution in [0, 0.1) is 0 Å². The molecule has 1 aliphatic rings. The SMILES string of the molecule is C[C@@H](O)[C@H](NC(=O)COCCNC(=O)OCC1c2ccccc2-c2ccccc21)C(=O)O. The quantitative estimate of drug-likeness (QED) is 0.410. The lowest BCUT2D eigenvalue weighted by Gasteiger charge is -2.17. The van der Waals surface area contributed by atoms with E-state index in [4.69, 9.17) is 14.6 Å². The van der Waals surface area contributed by atoms with E-state index in [1.165, 1.54) is 6.92 Å². The minimum atomic E-state index is -1.41. The number of hydrogen-bond acceptors (Lipinski definition) is 6. The van der Waals surface area contributed by atoms with Crippen molar-refractivity contribution in [2.45, 2.75) is 25.0 Å². The predicted octanol–water partition coefficient (Wildman–Crippen LogP) is 1.49. The molecule has 2 atom stereocenters. The lowest BCUT2D eigenvalue weighted by Crippen LogP contribution is -2.48. The Bertz CT molecular complexity index is 931. The van der Waals surface area contributed by atoms with Crippen LogP contribution in [-0.4, -0.2) is 66.7 Å². The summed E-state index contributed by atoms with van der Waals surface area (Å²) >= 11 is 0. The molecule has 3 rings (SSSR count). The van der Waals surface area contributed by atoms with Gasteiger partial charge in [-0.2, -0.15) is 0 Å². The van der Waals surface area contributed by atoms with Gasteiger partial charge in [-0.1, -0.05) is 48.5 Å². The van der Waals surface area contributed by atoms with Crippen molar-refractivity contribution < 1.29 is 34.1 Å². The van der Waals surface area contributed by atoms with E-state index in [2.05, 4.69) is 22.8 Å². The second-order valence-electron chi connectivity index (χ2n) is 7.43. The number of hydrogen-bond donors (Lipinski definition) is 4. The van der Waals surface area contributed by atoms with Crippen LogP contribution in [0.4, 0.5) is 4.79 Å². The maximum absolute atomic E-state index is 12.1. The zero-order chi connectivity index (χ0) is 23.1. The number of alkyl carbamates (subject to hydrolysis) is 1. The molecule has 2 amide bonds. The second-order valence-corrected chi connectivity index (χ2v) is 7.43. The lowest BCUT2D eigenvalue weighted by atomic mass is 9.98. The monoisotopic (exact) mass is 442 g/mol. The summed E-state index contributed by atoms with van der Waals surface area (Å²) < 4.78 is 10.5. The topological polar surface area (TPSA) is 134 Å². The average Bonchev–Trinajstić information content (AvgIpc) is 3.09. The number of nitrogens with one attached hydrogen (secondary N) is 2. The Balaban J connectivity index is 1.38. The first-order valence-corrected chi connectivity index (χ1v) is 10.2. The van der Waals surface area contributed by atoms with Gasteiger partial charge >= 0.3 is 12.1 Å². The van der Waals surface area contributed by atoms with Crippen LogP contribution in [0.15, 0.2) is 48.5 Å². The maximum atomic E-state index is 12.1. The van der Waals surface area contributed by atoms with Gasteiger partial charge in [0, 0.05) is 12.5 Å². The van der Waals surface area contributed by atoms with Crippen LogP contribution in [-0.2, 0) is 19.1 Å². The summed E-state index contributed by atoms with van der Waals surface area (Å²) in [5, 5.41) is 23.0. The van der Waals surface area contributed by atoms with Crippen LogP contribution in [0.5, 0.6) is 0 Å². The largest absolute Gasteiger partial charge is 0.480 e. The number of rotatable bonds is 10. The highest BCUT2D eigenvalue weighted by atomic mass is 16.5. The van der Waals surface area contributed by atoms with Gasteiger partial charge in [-0.15, -0.1) is 0 Å². The molecule has 0 spiro atoms. The zero-order valence-corrected chi connectivity index (χ0v) is 17.6. The summed E-state index contributed by atoms with van der Waals surface area (Å²) in [5.74, 6) is -2.06. The standard InChI is InChI=1S/C23H26N2O7/c1-14(26)21(22(28)29)25-20(27)13-31-11-10-24-23(30)32-12-19-17-8-4-2-6-15(17)16-7-3-5-9-18(16)19/h2-9,14,19,21,26H,10-13H2,1H3,(H,24,30)(H,25,27)(H,28,29)/t14-,21+/m1/s1. The Morgan fingerprint density at radius 1 is 1.03 bits per heavy atom. The fourth-order valence-electron chi connectivity index (χ4n) is 3.64. The summed E-state index contributed by atoms with van der Waals surface area (Å²) in [4.78, 5) is 34.7. The van der Waals surface area contributed by atoms with E-state index in [0.717, 1.165) is 22.3 Å². The number of carbonyl (C=O) groups excluding carboxylic acids is 2. The summed E-state index contributed by atoms with van der Waals surface area (Å²) in [6, 6.07) is 14.7. The lowest BCUT2D eigenvalue weighted by molar-refractivity contribution is -0.145. The van der Waals surface area contributed by atoms with Crippen LogP contribution < -0.4 is 10.6 Å². The van der Waals surface area contributed by atoms with Gasteiger partial charge in [0.15, 0.2) is 6.04 Å². The molecular weight excluding hydrogens is 416 g/mol. The fraction of sp³-hybridized carbons (Fsp3) is 0.348. The van der Waals surface area contributed by atoms with Crippen molar-refractivity contribution in [1.29, 1.82) is 0 Å². The second kappa shape index (κ2) is 10.7. The van der Waals surface area contributed by atoms with Crippen molar-refractivity contribution in [3.05, 3.63) is 59.7 Å². The molecule has 0 aliphatic heterocycles. The van der Waals surface area contributed by atoms with Crippen molar-refractivity contribution in [3.63, 3.8) is 0 Å². The van der Waals surface area contributed by atoms with Gasteiger partial charge in [-0.05, 0) is 29.2 Å². The van der Waals surface area contributed by atoms with E-state index in [9.17, 15) is 19.5 Å². The predicted molar refractivity (Wildman–Crippen MR) is 115 cm³/mol. The fourth-order valence-corrected chi connectivity index (χ4v) is 3.64. The molecular formula is C23H26N2O7. The number of aliphatic hydroxyl groups excluding tert-OH is 1. The summed E-state index contributed by atoms with van der Waals surface area (Å²) in [7, 11) is 0. The van der Waals surface area contributed by atoms with Gasteiger partial charge in [0.2, 0.25) is 5.91 Å². The Morgan fingerprint density at radius 3 is 2.19 bits per heavy atom. The van der Waals surface area contributed by atoms with Crippen molar-refractivity contribution in [1.82, 2.24) is 10.6 Å². The smallest absolute Gasteiger partial charge is 0.407 e. The highest BCUT2D eigenvalue weighted by Gasteiger charge is 2.29. The first kappa shape index (κ1) is 23.2. The number of benzene rings is 2. The third kappa shape index (κ3) is 5.63. The maximum Gasteiger partial charge on any atom is 0.407 e. The third-order valence-corrected chi connectivity index (χ3v) is 5.16. The minimum absolute atomic E-state index is 0.0318. The normalized spacial score (nSPS) is 14.1. The van der Waals surface area contributed by atoms with Crippen LogP contribution in [0.1, 0.15) is 24.0 Å². The summed E-state index contributed by atoms with van der Waals surface area (Å²) in [6.45, 7) is 1.20. The molecule has 4 N–H and O–H groups in total. The molecule has 2 aromatic rings. The van der Waals surface area contributed by atoms with E-state index in [1.54, 1.807) is 0 Å². The molecule has 0 heterocycles. The van der Waals surface area contributed by atoms with Gasteiger partial charge in [-0.3, -0.25) is 4.79 Å². The molecule has 0 bridgehead atoms. The Kier molecular flexibility index (Phi) is 7.80. The van der Waals surface area contributed by atoms with E-state index in [0.29, 0.717) is 0 Å². The van der Waals surface area contributed by atoms with Gasteiger partial charge in [0.1, 0.15) is 13.2 Å². The van der Waals surface area contributed by atoms with Gasteiger partial charge in [0.25, 0.3) is 0 Å². The van der Waals surface area contributed by atoms with E-state index in [1.807, 2.05) is 36.4 Å². The highest BCUT2D eigenvalue weighted by molar-refractivity contribution is 5.84. The first-order valence-electron chi connectivity index (χ1n) is 10.2. The number of amides is 2. The highest BCUT2D eigenvalue weighted by Crippen LogP contribution is 2.44. The first-order chi connectivity index (χ1) is 15.4. The van der Waals surface area contributed by atoms with Crippen LogP contribution in [0.3, 0.4) is 0 Å². The number of aliphatic carboxylic acids is 1. The Labute approximate surface area is 185 Å². The number of carboxylic acids is 1. The molecule has 0 radical (unpaired) electrons. The van der Waals surface area contributed by atoms with Gasteiger partial charge in [-0.25, -0.2) is 9.59 Å². The van der Waals surface area contributed by atoms with Crippen molar-refractivity contribution in [2.75, 3.05) is 26.4 Å². The molecule has 9 heteroatoms. The van der Waals surface area contributed by atoms with Gasteiger partial charge < -0.3 is 30.3 Å². The number of ether oxygens (including phenoxy) is 2. The molecule has 0 aromatic heterocycles. The number of carbonyl (C=O) groups is 3. The van der Waals surface area contributed by atoms with E-state index >= 15 is 0 Å². The van der Waals surface area contributed by atoms with Crippen LogP contribution in [0.25, 0.3) is 11.1 Å². The van der Waals surface area contributed by atoms with Crippen molar-refractivity contribution in [2.24, 2.45) is 0 Å². The number of aliphatic hydroxyl groups is 1. The molecule has 32 heavy (non-hydrogen) atoms.